The van der Waals surface area contributed by atoms with Crippen LogP contribution in [0.5, 0.6) is 0 Å². The van der Waals surface area contributed by atoms with E-state index in [1.165, 1.54) is 26.4 Å². The van der Waals surface area contributed by atoms with Crippen LogP contribution in [0, 0.1) is 0 Å². The summed E-state index contributed by atoms with van der Waals surface area (Å²) in [5.41, 5.74) is 0.568. The quantitative estimate of drug-likeness (QED) is 0.713. The van der Waals surface area contributed by atoms with Crippen LogP contribution in [0.1, 0.15) is 29.6 Å². The molecule has 2 heterocycles. The summed E-state index contributed by atoms with van der Waals surface area (Å²) in [6.45, 7) is 2.05. The molecule has 86 valence electrons. The van der Waals surface area contributed by atoms with Crippen molar-refractivity contribution in [1.29, 1.82) is 0 Å². The van der Waals surface area contributed by atoms with Gasteiger partial charge in [0.15, 0.2) is 0 Å². The molecule has 0 aliphatic carbocycles. The number of pyridine rings is 1. The van der Waals surface area contributed by atoms with Gasteiger partial charge >= 0.3 is 5.97 Å². The normalized spacial score (nSPS) is 15.9. The van der Waals surface area contributed by atoms with Gasteiger partial charge in [0.2, 0.25) is 0 Å². The number of esters is 1. The summed E-state index contributed by atoms with van der Waals surface area (Å²) in [5, 5.41) is 0. The van der Waals surface area contributed by atoms with Crippen LogP contribution in [0.4, 0.5) is 5.82 Å². The molecule has 0 saturated carbocycles. The number of hydrogen-bond donors (Lipinski definition) is 0. The number of piperidine rings is 1. The highest BCUT2D eigenvalue weighted by Crippen LogP contribution is 2.18. The number of carbonyl (C=O) groups is 1. The third-order valence-corrected chi connectivity index (χ3v) is 2.85. The molecule has 16 heavy (non-hydrogen) atoms. The number of rotatable bonds is 2. The molecule has 0 aromatic carbocycles. The zero-order valence-corrected chi connectivity index (χ0v) is 9.48. The third kappa shape index (κ3) is 2.32. The van der Waals surface area contributed by atoms with E-state index in [1.807, 2.05) is 0 Å². The van der Waals surface area contributed by atoms with E-state index in [4.69, 9.17) is 4.74 Å². The summed E-state index contributed by atoms with van der Waals surface area (Å²) >= 11 is 0. The largest absolute Gasteiger partial charge is 0.465 e. The van der Waals surface area contributed by atoms with Gasteiger partial charge in [-0.2, -0.15) is 0 Å². The van der Waals surface area contributed by atoms with Crippen molar-refractivity contribution >= 4 is 11.8 Å². The van der Waals surface area contributed by atoms with Crippen molar-refractivity contribution in [2.75, 3.05) is 25.1 Å². The molecule has 4 heteroatoms. The molecule has 1 saturated heterocycles. The average molecular weight is 220 g/mol. The number of aromatic nitrogens is 1. The molecule has 1 aliphatic rings. The van der Waals surface area contributed by atoms with Crippen LogP contribution < -0.4 is 4.90 Å². The summed E-state index contributed by atoms with van der Waals surface area (Å²) < 4.78 is 4.69. The first kappa shape index (κ1) is 10.9. The van der Waals surface area contributed by atoms with Crippen molar-refractivity contribution in [3.8, 4) is 0 Å². The van der Waals surface area contributed by atoms with Gasteiger partial charge < -0.3 is 9.64 Å². The molecule has 1 aromatic rings. The van der Waals surface area contributed by atoms with E-state index in [-0.39, 0.29) is 5.97 Å². The minimum absolute atomic E-state index is 0.305. The molecule has 2 rings (SSSR count). The van der Waals surface area contributed by atoms with Crippen LogP contribution >= 0.6 is 0 Å². The highest BCUT2D eigenvalue weighted by molar-refractivity contribution is 5.90. The van der Waals surface area contributed by atoms with Crippen molar-refractivity contribution in [3.63, 3.8) is 0 Å². The Bertz CT molecular complexity index is 373. The maximum Gasteiger partial charge on any atom is 0.338 e. The summed E-state index contributed by atoms with van der Waals surface area (Å²) in [5.74, 6) is 0.572. The molecule has 1 aliphatic heterocycles. The van der Waals surface area contributed by atoms with Crippen molar-refractivity contribution in [2.45, 2.75) is 19.3 Å². The van der Waals surface area contributed by atoms with Crippen LogP contribution in [0.3, 0.4) is 0 Å². The molecular weight excluding hydrogens is 204 g/mol. The van der Waals surface area contributed by atoms with Gasteiger partial charge in [0, 0.05) is 19.3 Å². The van der Waals surface area contributed by atoms with Crippen LogP contribution in [-0.4, -0.2) is 31.2 Å². The summed E-state index contributed by atoms with van der Waals surface area (Å²) in [7, 11) is 1.39. The number of hydrogen-bond acceptors (Lipinski definition) is 4. The number of anilines is 1. The Morgan fingerprint density at radius 2 is 2.12 bits per heavy atom. The fraction of sp³-hybridized carbons (Fsp3) is 0.500. The first-order valence-corrected chi connectivity index (χ1v) is 5.60. The van der Waals surface area contributed by atoms with Crippen molar-refractivity contribution in [2.24, 2.45) is 0 Å². The molecule has 0 radical (unpaired) electrons. The highest BCUT2D eigenvalue weighted by atomic mass is 16.5. The minimum Gasteiger partial charge on any atom is -0.465 e. The van der Waals surface area contributed by atoms with Gasteiger partial charge in [-0.05, 0) is 31.4 Å². The number of ether oxygens (including phenoxy) is 1. The topological polar surface area (TPSA) is 42.4 Å². The molecular formula is C12H16N2O2. The SMILES string of the molecule is COC(=O)c1ccnc(N2CCCCC2)c1. The van der Waals surface area contributed by atoms with Gasteiger partial charge in [-0.15, -0.1) is 0 Å². The Balaban J connectivity index is 2.17. The van der Waals surface area contributed by atoms with E-state index in [9.17, 15) is 4.79 Å². The Labute approximate surface area is 95.2 Å². The Hall–Kier alpha value is -1.58. The van der Waals surface area contributed by atoms with Gasteiger partial charge in [0.05, 0.1) is 12.7 Å². The zero-order valence-electron chi connectivity index (χ0n) is 9.48. The first-order valence-electron chi connectivity index (χ1n) is 5.60. The van der Waals surface area contributed by atoms with Gasteiger partial charge in [0.1, 0.15) is 5.82 Å². The fourth-order valence-electron chi connectivity index (χ4n) is 1.96. The van der Waals surface area contributed by atoms with Crippen LogP contribution in [0.25, 0.3) is 0 Å². The number of nitrogens with zero attached hydrogens (tertiary/aromatic N) is 2. The molecule has 0 atom stereocenters. The van der Waals surface area contributed by atoms with E-state index in [0.29, 0.717) is 5.56 Å². The Morgan fingerprint density at radius 1 is 1.38 bits per heavy atom. The molecule has 4 nitrogen and oxygen atoms in total. The van der Waals surface area contributed by atoms with Crippen molar-refractivity contribution < 1.29 is 9.53 Å². The summed E-state index contributed by atoms with van der Waals surface area (Å²) in [6, 6.07) is 3.48. The second-order valence-electron chi connectivity index (χ2n) is 3.94. The molecule has 0 N–H and O–H groups in total. The van der Waals surface area contributed by atoms with E-state index >= 15 is 0 Å². The fourth-order valence-corrected chi connectivity index (χ4v) is 1.96. The minimum atomic E-state index is -0.305. The molecule has 1 aromatic heterocycles. The summed E-state index contributed by atoms with van der Waals surface area (Å²) in [6.07, 6.45) is 5.34. The lowest BCUT2D eigenvalue weighted by Crippen LogP contribution is -2.30. The zero-order chi connectivity index (χ0) is 11.4. The predicted molar refractivity (Wildman–Crippen MR) is 61.6 cm³/mol. The molecule has 0 amide bonds. The first-order chi connectivity index (χ1) is 7.81. The second kappa shape index (κ2) is 4.96. The van der Waals surface area contributed by atoms with Crippen molar-refractivity contribution in [1.82, 2.24) is 4.98 Å². The van der Waals surface area contributed by atoms with Gasteiger partial charge in [-0.1, -0.05) is 0 Å². The Kier molecular flexibility index (Phi) is 3.39. The highest BCUT2D eigenvalue weighted by Gasteiger charge is 2.14. The maximum atomic E-state index is 11.4. The summed E-state index contributed by atoms with van der Waals surface area (Å²) in [4.78, 5) is 17.9. The molecule has 0 unspecified atom stereocenters. The lowest BCUT2D eigenvalue weighted by Gasteiger charge is -2.27. The van der Waals surface area contributed by atoms with E-state index < -0.39 is 0 Å². The van der Waals surface area contributed by atoms with Crippen molar-refractivity contribution in [3.05, 3.63) is 23.9 Å². The van der Waals surface area contributed by atoms with Crippen LogP contribution in [-0.2, 0) is 4.74 Å². The molecule has 0 spiro atoms. The lowest BCUT2D eigenvalue weighted by atomic mass is 10.1. The lowest BCUT2D eigenvalue weighted by molar-refractivity contribution is 0.0600. The second-order valence-corrected chi connectivity index (χ2v) is 3.94. The smallest absolute Gasteiger partial charge is 0.338 e. The van der Waals surface area contributed by atoms with Crippen LogP contribution in [0.15, 0.2) is 18.3 Å². The Morgan fingerprint density at radius 3 is 2.81 bits per heavy atom. The van der Waals surface area contributed by atoms with Gasteiger partial charge in [-0.3, -0.25) is 0 Å². The number of carbonyl (C=O) groups excluding carboxylic acids is 1. The monoisotopic (exact) mass is 220 g/mol. The van der Waals surface area contributed by atoms with Gasteiger partial charge in [0.25, 0.3) is 0 Å². The van der Waals surface area contributed by atoms with E-state index in [0.717, 1.165) is 18.9 Å². The average Bonchev–Trinajstić information content (AvgIpc) is 2.39. The third-order valence-electron chi connectivity index (χ3n) is 2.85. The standard InChI is InChI=1S/C12H16N2O2/c1-16-12(15)10-5-6-13-11(9-10)14-7-3-2-4-8-14/h5-6,9H,2-4,7-8H2,1H3. The molecule has 1 fully saturated rings. The maximum absolute atomic E-state index is 11.4. The predicted octanol–water partition coefficient (Wildman–Crippen LogP) is 1.86. The van der Waals surface area contributed by atoms with Gasteiger partial charge in [-0.25, -0.2) is 9.78 Å². The number of methoxy groups -OCH3 is 1. The van der Waals surface area contributed by atoms with E-state index in [2.05, 4.69) is 9.88 Å². The molecule has 0 bridgehead atoms. The van der Waals surface area contributed by atoms with E-state index in [1.54, 1.807) is 18.3 Å². The van der Waals surface area contributed by atoms with Crippen LogP contribution in [0.2, 0.25) is 0 Å².